The number of nitrogens with one attached hydrogen (secondary N) is 1. The average molecular weight is 429 g/mol. The highest BCUT2D eigenvalue weighted by Crippen LogP contribution is 2.35. The summed E-state index contributed by atoms with van der Waals surface area (Å²) in [4.78, 5) is 9.05. The van der Waals surface area contributed by atoms with Crippen LogP contribution in [0.1, 0.15) is 12.0 Å². The van der Waals surface area contributed by atoms with Crippen LogP contribution in [0.15, 0.2) is 66.9 Å². The molecular weight excluding hydrogens is 403 g/mol. The zero-order valence-corrected chi connectivity index (χ0v) is 17.9. The van der Waals surface area contributed by atoms with Gasteiger partial charge in [-0.3, -0.25) is 0 Å². The topological polar surface area (TPSA) is 49.2 Å². The van der Waals surface area contributed by atoms with Crippen LogP contribution in [0.3, 0.4) is 0 Å². The first-order valence-electron chi connectivity index (χ1n) is 11.1. The molecule has 2 unspecified atom stereocenters. The molecule has 2 aromatic heterocycles. The van der Waals surface area contributed by atoms with Crippen LogP contribution in [0.2, 0.25) is 0 Å². The second-order valence-corrected chi connectivity index (χ2v) is 8.76. The van der Waals surface area contributed by atoms with Crippen LogP contribution in [0, 0.1) is 5.82 Å². The van der Waals surface area contributed by atoms with Gasteiger partial charge < -0.3 is 15.1 Å². The molecule has 7 heteroatoms. The molecule has 2 atom stereocenters. The van der Waals surface area contributed by atoms with Gasteiger partial charge in [0.25, 0.3) is 0 Å². The number of piperazine rings is 1. The van der Waals surface area contributed by atoms with Gasteiger partial charge in [0.05, 0.1) is 11.2 Å². The molecule has 2 saturated heterocycles. The molecular formula is C25H25FN6. The second-order valence-electron chi connectivity index (χ2n) is 8.76. The molecule has 0 radical (unpaired) electrons. The van der Waals surface area contributed by atoms with Crippen molar-refractivity contribution in [2.24, 2.45) is 0 Å². The Kier molecular flexibility index (Phi) is 4.57. The molecule has 2 aliphatic heterocycles. The van der Waals surface area contributed by atoms with Gasteiger partial charge in [0.2, 0.25) is 0 Å². The minimum absolute atomic E-state index is 0.259. The lowest BCUT2D eigenvalue weighted by molar-refractivity contribution is 0.575. The van der Waals surface area contributed by atoms with E-state index in [1.807, 2.05) is 48.1 Å². The monoisotopic (exact) mass is 428 g/mol. The first-order chi connectivity index (χ1) is 15.7. The smallest absolute Gasteiger partial charge is 0.159 e. The van der Waals surface area contributed by atoms with E-state index in [-0.39, 0.29) is 5.82 Å². The first-order valence-corrected chi connectivity index (χ1v) is 11.1. The Morgan fingerprint density at radius 3 is 2.78 bits per heavy atom. The largest absolute Gasteiger partial charge is 0.355 e. The average Bonchev–Trinajstić information content (AvgIpc) is 3.54. The van der Waals surface area contributed by atoms with Crippen molar-refractivity contribution in [2.45, 2.75) is 25.0 Å². The lowest BCUT2D eigenvalue weighted by Crippen LogP contribution is -2.43. The molecule has 162 valence electrons. The van der Waals surface area contributed by atoms with Gasteiger partial charge in [0.1, 0.15) is 11.6 Å². The van der Waals surface area contributed by atoms with Crippen molar-refractivity contribution >= 4 is 22.5 Å². The third kappa shape index (κ3) is 3.29. The van der Waals surface area contributed by atoms with Crippen LogP contribution in [0.5, 0.6) is 0 Å². The number of fused-ring (bicyclic) bond motifs is 3. The van der Waals surface area contributed by atoms with E-state index in [1.54, 1.807) is 12.3 Å². The van der Waals surface area contributed by atoms with Crippen molar-refractivity contribution in [1.29, 1.82) is 0 Å². The summed E-state index contributed by atoms with van der Waals surface area (Å²) in [6, 6.07) is 20.2. The predicted molar refractivity (Wildman–Crippen MR) is 125 cm³/mol. The summed E-state index contributed by atoms with van der Waals surface area (Å²) < 4.78 is 16.1. The summed E-state index contributed by atoms with van der Waals surface area (Å²) in [6.45, 7) is 2.67. The van der Waals surface area contributed by atoms with Gasteiger partial charge in [0, 0.05) is 62.5 Å². The van der Waals surface area contributed by atoms with Gasteiger partial charge in [-0.05, 0) is 30.2 Å². The van der Waals surface area contributed by atoms with Gasteiger partial charge in [-0.1, -0.05) is 30.3 Å². The summed E-state index contributed by atoms with van der Waals surface area (Å²) in [6.07, 6.45) is 2.93. The fourth-order valence-corrected chi connectivity index (χ4v) is 4.99. The van der Waals surface area contributed by atoms with Crippen molar-refractivity contribution in [3.05, 3.63) is 78.2 Å². The summed E-state index contributed by atoms with van der Waals surface area (Å²) in [7, 11) is 2.03. The highest BCUT2D eigenvalue weighted by atomic mass is 19.1. The summed E-state index contributed by atoms with van der Waals surface area (Å²) in [5.74, 6) is 1.52. The summed E-state index contributed by atoms with van der Waals surface area (Å²) >= 11 is 0. The van der Waals surface area contributed by atoms with Crippen molar-refractivity contribution in [2.75, 3.05) is 29.9 Å². The molecule has 2 aromatic carbocycles. The Bertz CT molecular complexity index is 1270. The third-order valence-corrected chi connectivity index (χ3v) is 6.58. The third-order valence-electron chi connectivity index (χ3n) is 6.58. The van der Waals surface area contributed by atoms with Crippen molar-refractivity contribution < 1.29 is 4.39 Å². The molecule has 0 aliphatic carbocycles. The van der Waals surface area contributed by atoms with E-state index < -0.39 is 0 Å². The quantitative estimate of drug-likeness (QED) is 0.525. The molecule has 6 nitrogen and oxygen atoms in total. The molecule has 0 amide bonds. The number of anilines is 2. The number of benzene rings is 2. The molecule has 4 heterocycles. The van der Waals surface area contributed by atoms with Crippen LogP contribution >= 0.6 is 0 Å². The standard InChI is InChI=1S/C25H25FN6/c1-30(15-17-5-3-2-4-6-17)24-13-20(9-10-27-24)32-23-11-18(26)7-8-22(23)25(29-32)31-16-19-12-21(31)14-28-19/h2-11,13,19,21,28H,12,14-16H2,1H3. The van der Waals surface area contributed by atoms with Gasteiger partial charge >= 0.3 is 0 Å². The zero-order chi connectivity index (χ0) is 21.7. The minimum Gasteiger partial charge on any atom is -0.355 e. The van der Waals surface area contributed by atoms with Crippen LogP contribution in [-0.2, 0) is 6.54 Å². The predicted octanol–water partition coefficient (Wildman–Crippen LogP) is 3.75. The molecule has 1 N–H and O–H groups in total. The summed E-state index contributed by atoms with van der Waals surface area (Å²) in [5, 5.41) is 9.51. The van der Waals surface area contributed by atoms with E-state index in [2.05, 4.69) is 32.2 Å². The molecule has 0 saturated carbocycles. The van der Waals surface area contributed by atoms with E-state index in [4.69, 9.17) is 5.10 Å². The molecule has 0 spiro atoms. The molecule has 6 rings (SSSR count). The second kappa shape index (κ2) is 7.60. The van der Waals surface area contributed by atoms with Crippen molar-refractivity contribution in [1.82, 2.24) is 20.1 Å². The number of aromatic nitrogens is 3. The zero-order valence-electron chi connectivity index (χ0n) is 17.9. The van der Waals surface area contributed by atoms with Gasteiger partial charge in [-0.25, -0.2) is 14.1 Å². The first kappa shape index (κ1) is 19.3. The normalized spacial score (nSPS) is 19.8. The van der Waals surface area contributed by atoms with Crippen molar-refractivity contribution in [3.8, 4) is 5.69 Å². The van der Waals surface area contributed by atoms with Crippen LogP contribution in [-0.4, -0.2) is 47.0 Å². The number of hydrogen-bond acceptors (Lipinski definition) is 5. The molecule has 2 fully saturated rings. The lowest BCUT2D eigenvalue weighted by atomic mass is 10.2. The Hall–Kier alpha value is -3.45. The van der Waals surface area contributed by atoms with Gasteiger partial charge in [-0.15, -0.1) is 5.10 Å². The Balaban J connectivity index is 1.39. The van der Waals surface area contributed by atoms with Gasteiger partial charge in [0.15, 0.2) is 5.82 Å². The lowest BCUT2D eigenvalue weighted by Gasteiger charge is -2.27. The highest BCUT2D eigenvalue weighted by molar-refractivity contribution is 5.92. The van der Waals surface area contributed by atoms with Crippen molar-refractivity contribution in [3.63, 3.8) is 0 Å². The molecule has 32 heavy (non-hydrogen) atoms. The summed E-state index contributed by atoms with van der Waals surface area (Å²) in [5.41, 5.74) is 2.87. The molecule has 4 aromatic rings. The molecule has 2 aliphatic rings. The number of hydrogen-bond donors (Lipinski definition) is 1. The highest BCUT2D eigenvalue weighted by Gasteiger charge is 2.39. The minimum atomic E-state index is -0.259. The van der Waals surface area contributed by atoms with E-state index >= 15 is 0 Å². The number of pyridine rings is 1. The number of nitrogens with zero attached hydrogens (tertiary/aromatic N) is 5. The maximum atomic E-state index is 14.2. The Morgan fingerprint density at radius 2 is 2.00 bits per heavy atom. The number of halogens is 1. The van der Waals surface area contributed by atoms with Crippen LogP contribution < -0.4 is 15.1 Å². The van der Waals surface area contributed by atoms with E-state index in [0.717, 1.165) is 54.3 Å². The maximum absolute atomic E-state index is 14.2. The van der Waals surface area contributed by atoms with Gasteiger partial charge in [-0.2, -0.15) is 0 Å². The molecule has 2 bridgehead atoms. The number of rotatable bonds is 5. The van der Waals surface area contributed by atoms with E-state index in [1.165, 1.54) is 11.6 Å². The Morgan fingerprint density at radius 1 is 1.12 bits per heavy atom. The van der Waals surface area contributed by atoms with Crippen LogP contribution in [0.25, 0.3) is 16.6 Å². The fourth-order valence-electron chi connectivity index (χ4n) is 4.99. The van der Waals surface area contributed by atoms with Crippen LogP contribution in [0.4, 0.5) is 16.0 Å². The SMILES string of the molecule is CN(Cc1ccccc1)c1cc(-n2nc(N3CC4CC3CN4)c3ccc(F)cc32)ccn1. The van der Waals surface area contributed by atoms with E-state index in [0.29, 0.717) is 12.1 Å². The fraction of sp³-hybridized carbons (Fsp3) is 0.280. The van der Waals surface area contributed by atoms with E-state index in [9.17, 15) is 4.39 Å². The Labute approximate surface area is 186 Å². The maximum Gasteiger partial charge on any atom is 0.159 e.